The third-order valence-electron chi connectivity index (χ3n) is 3.43. The van der Waals surface area contributed by atoms with Gasteiger partial charge in [0.25, 0.3) is 0 Å². The van der Waals surface area contributed by atoms with E-state index in [4.69, 9.17) is 4.74 Å². The molecule has 1 rings (SSSR count). The van der Waals surface area contributed by atoms with Crippen LogP contribution in [0.15, 0.2) is 4.99 Å². The van der Waals surface area contributed by atoms with Gasteiger partial charge >= 0.3 is 0 Å². The van der Waals surface area contributed by atoms with E-state index < -0.39 is 0 Å². The fourth-order valence-electron chi connectivity index (χ4n) is 2.15. The first-order valence-corrected chi connectivity index (χ1v) is 8.57. The number of aromatic nitrogens is 1. The second kappa shape index (κ2) is 10.5. The first-order valence-electron chi connectivity index (χ1n) is 7.75. The zero-order valence-corrected chi connectivity index (χ0v) is 18.5. The molecule has 0 fully saturated rings. The van der Waals surface area contributed by atoms with Gasteiger partial charge in [0, 0.05) is 25.1 Å². The summed E-state index contributed by atoms with van der Waals surface area (Å²) in [6.07, 6.45) is 0.128. The van der Waals surface area contributed by atoms with Gasteiger partial charge in [-0.05, 0) is 26.2 Å². The third-order valence-corrected chi connectivity index (χ3v) is 4.49. The van der Waals surface area contributed by atoms with Crippen LogP contribution >= 0.6 is 35.3 Å². The summed E-state index contributed by atoms with van der Waals surface area (Å²) >= 11 is 1.71. The molecular weight excluding hydrogens is 423 g/mol. The maximum atomic E-state index is 5.58. The van der Waals surface area contributed by atoms with Gasteiger partial charge in [0.1, 0.15) is 0 Å². The van der Waals surface area contributed by atoms with Crippen molar-refractivity contribution in [3.8, 4) is 0 Å². The maximum absolute atomic E-state index is 5.58. The van der Waals surface area contributed by atoms with Crippen molar-refractivity contribution in [2.45, 2.75) is 54.2 Å². The van der Waals surface area contributed by atoms with Crippen LogP contribution in [-0.2, 0) is 11.3 Å². The molecule has 0 amide bonds. The normalized spacial score (nSPS) is 13.4. The van der Waals surface area contributed by atoms with Crippen LogP contribution in [0.2, 0.25) is 0 Å². The molecule has 1 heterocycles. The molecule has 0 aliphatic carbocycles. The average molecular weight is 454 g/mol. The van der Waals surface area contributed by atoms with Gasteiger partial charge in [-0.25, -0.2) is 9.98 Å². The first-order chi connectivity index (χ1) is 10.3. The van der Waals surface area contributed by atoms with E-state index in [0.29, 0.717) is 6.54 Å². The number of nitrogens with one attached hydrogen (secondary N) is 2. The van der Waals surface area contributed by atoms with Crippen LogP contribution in [-0.4, -0.2) is 37.2 Å². The molecule has 1 unspecified atom stereocenters. The van der Waals surface area contributed by atoms with E-state index in [9.17, 15) is 0 Å². The second-order valence-corrected chi connectivity index (χ2v) is 7.70. The predicted molar refractivity (Wildman–Crippen MR) is 110 cm³/mol. The van der Waals surface area contributed by atoms with E-state index in [-0.39, 0.29) is 35.5 Å². The highest BCUT2D eigenvalue weighted by Crippen LogP contribution is 2.21. The van der Waals surface area contributed by atoms with Crippen molar-refractivity contribution in [1.29, 1.82) is 0 Å². The van der Waals surface area contributed by atoms with Crippen molar-refractivity contribution >= 4 is 41.3 Å². The summed E-state index contributed by atoms with van der Waals surface area (Å²) in [4.78, 5) is 10.3. The minimum atomic E-state index is 0. The molecule has 134 valence electrons. The number of nitrogens with zero attached hydrogens (tertiary/aromatic N) is 2. The molecule has 0 saturated heterocycles. The zero-order chi connectivity index (χ0) is 16.8. The Kier molecular flexibility index (Phi) is 10.3. The lowest BCUT2D eigenvalue weighted by Crippen LogP contribution is -2.45. The summed E-state index contributed by atoms with van der Waals surface area (Å²) in [7, 11) is 1.76. The molecule has 1 atom stereocenters. The van der Waals surface area contributed by atoms with Crippen LogP contribution in [0.1, 0.15) is 43.3 Å². The molecule has 7 heteroatoms. The number of hydrogen-bond donors (Lipinski definition) is 2. The fourth-order valence-corrected chi connectivity index (χ4v) is 3.01. The Morgan fingerprint density at radius 2 is 1.96 bits per heavy atom. The molecule has 0 spiro atoms. The Morgan fingerprint density at radius 3 is 2.39 bits per heavy atom. The van der Waals surface area contributed by atoms with Crippen molar-refractivity contribution in [2.75, 3.05) is 20.2 Å². The van der Waals surface area contributed by atoms with E-state index in [1.165, 1.54) is 4.88 Å². The lowest BCUT2D eigenvalue weighted by Gasteiger charge is -2.30. The van der Waals surface area contributed by atoms with Gasteiger partial charge in [0.15, 0.2) is 5.96 Å². The zero-order valence-electron chi connectivity index (χ0n) is 15.3. The monoisotopic (exact) mass is 454 g/mol. The van der Waals surface area contributed by atoms with Gasteiger partial charge in [-0.3, -0.25) is 0 Å². The van der Waals surface area contributed by atoms with Crippen LogP contribution in [0.4, 0.5) is 0 Å². The van der Waals surface area contributed by atoms with E-state index in [1.807, 2.05) is 13.8 Å². The van der Waals surface area contributed by atoms with Gasteiger partial charge in [-0.1, -0.05) is 20.8 Å². The van der Waals surface area contributed by atoms with Crippen LogP contribution in [0.5, 0.6) is 0 Å². The average Bonchev–Trinajstić information content (AvgIpc) is 2.73. The van der Waals surface area contributed by atoms with E-state index >= 15 is 0 Å². The summed E-state index contributed by atoms with van der Waals surface area (Å²) in [6, 6.07) is 0. The van der Waals surface area contributed by atoms with Crippen LogP contribution < -0.4 is 10.6 Å². The minimum Gasteiger partial charge on any atom is -0.379 e. The quantitative estimate of drug-likeness (QED) is 0.393. The molecule has 0 radical (unpaired) electrons. The molecule has 0 aliphatic rings. The Bertz CT molecular complexity index is 497. The summed E-state index contributed by atoms with van der Waals surface area (Å²) in [5.74, 6) is 0.819. The molecule has 0 saturated carbocycles. The van der Waals surface area contributed by atoms with Crippen molar-refractivity contribution in [3.05, 3.63) is 15.6 Å². The van der Waals surface area contributed by atoms with Crippen LogP contribution in [0.25, 0.3) is 0 Å². The van der Waals surface area contributed by atoms with Crippen molar-refractivity contribution in [1.82, 2.24) is 15.6 Å². The van der Waals surface area contributed by atoms with Gasteiger partial charge in [0.05, 0.1) is 23.4 Å². The van der Waals surface area contributed by atoms with E-state index in [1.54, 1.807) is 18.4 Å². The number of halogens is 1. The van der Waals surface area contributed by atoms with Gasteiger partial charge in [-0.15, -0.1) is 35.3 Å². The predicted octanol–water partition coefficient (Wildman–Crippen LogP) is 3.49. The van der Waals surface area contributed by atoms with E-state index in [0.717, 1.165) is 29.8 Å². The van der Waals surface area contributed by atoms with Gasteiger partial charge < -0.3 is 15.4 Å². The third kappa shape index (κ3) is 7.80. The smallest absolute Gasteiger partial charge is 0.191 e. The maximum Gasteiger partial charge on any atom is 0.191 e. The number of guanidine groups is 1. The SMILES string of the molecule is CCNC(=NCc1sc(C)nc1C)NCC(OC)C(C)(C)C.I. The first kappa shape index (κ1) is 22.6. The molecular formula is C16H31IN4OS. The summed E-state index contributed by atoms with van der Waals surface area (Å²) in [5, 5.41) is 7.74. The number of aryl methyl sites for hydroxylation is 2. The van der Waals surface area contributed by atoms with E-state index in [2.05, 4.69) is 48.3 Å². The van der Waals surface area contributed by atoms with Crippen LogP contribution in [0.3, 0.4) is 0 Å². The van der Waals surface area contributed by atoms with Crippen LogP contribution in [0, 0.1) is 19.3 Å². The van der Waals surface area contributed by atoms with Crippen molar-refractivity contribution in [3.63, 3.8) is 0 Å². The Morgan fingerprint density at radius 1 is 1.30 bits per heavy atom. The number of hydrogen-bond acceptors (Lipinski definition) is 4. The van der Waals surface area contributed by atoms with Crippen molar-refractivity contribution < 1.29 is 4.74 Å². The molecule has 0 aromatic carbocycles. The lowest BCUT2D eigenvalue weighted by atomic mass is 9.89. The number of rotatable bonds is 6. The fraction of sp³-hybridized carbons (Fsp3) is 0.750. The highest BCUT2D eigenvalue weighted by Gasteiger charge is 2.24. The number of ether oxygens (including phenoxy) is 1. The standard InChI is InChI=1S/C16H30N4OS.HI/c1-8-17-15(19-10-14(21-7)16(4,5)6)18-9-13-11(2)20-12(3)22-13;/h14H,8-10H2,1-7H3,(H2,17,18,19);1H. The largest absolute Gasteiger partial charge is 0.379 e. The highest BCUT2D eigenvalue weighted by molar-refractivity contribution is 14.0. The molecule has 0 aliphatic heterocycles. The summed E-state index contributed by atoms with van der Waals surface area (Å²) in [6.45, 7) is 14.9. The van der Waals surface area contributed by atoms with Gasteiger partial charge in [-0.2, -0.15) is 0 Å². The molecule has 1 aromatic heterocycles. The number of aliphatic imine (C=N–C) groups is 1. The molecule has 2 N–H and O–H groups in total. The Labute approximate surface area is 161 Å². The topological polar surface area (TPSA) is 58.5 Å². The minimum absolute atomic E-state index is 0. The summed E-state index contributed by atoms with van der Waals surface area (Å²) < 4.78 is 5.58. The molecule has 5 nitrogen and oxygen atoms in total. The number of thiazole rings is 1. The Hall–Kier alpha value is -0.410. The lowest BCUT2D eigenvalue weighted by molar-refractivity contribution is 0.0205. The summed E-state index contributed by atoms with van der Waals surface area (Å²) in [5.41, 5.74) is 1.16. The molecule has 1 aromatic rings. The Balaban J connectivity index is 0.00000484. The van der Waals surface area contributed by atoms with Gasteiger partial charge in [0.2, 0.25) is 0 Å². The molecule has 0 bridgehead atoms. The highest BCUT2D eigenvalue weighted by atomic mass is 127. The molecule has 23 heavy (non-hydrogen) atoms. The second-order valence-electron chi connectivity index (χ2n) is 6.41. The number of methoxy groups -OCH3 is 1. The van der Waals surface area contributed by atoms with Crippen molar-refractivity contribution in [2.24, 2.45) is 10.4 Å².